The molecule has 6 nitrogen and oxygen atoms in total. The highest BCUT2D eigenvalue weighted by molar-refractivity contribution is 5.92. The van der Waals surface area contributed by atoms with Crippen LogP contribution in [-0.2, 0) is 6.54 Å². The molecular weight excluding hydrogens is 300 g/mol. The van der Waals surface area contributed by atoms with E-state index < -0.39 is 0 Å². The van der Waals surface area contributed by atoms with Crippen LogP contribution in [-0.4, -0.2) is 49.1 Å². The number of aromatic nitrogens is 1. The van der Waals surface area contributed by atoms with Gasteiger partial charge in [0.1, 0.15) is 5.82 Å². The minimum absolute atomic E-state index is 0.407. The number of likely N-dealkylation sites (N-methyl/N-ethyl adjacent to an activating group) is 1. The molecule has 0 atom stereocenters. The first kappa shape index (κ1) is 16.3. The van der Waals surface area contributed by atoms with E-state index in [2.05, 4.69) is 44.3 Å². The molecule has 0 bridgehead atoms. The van der Waals surface area contributed by atoms with E-state index in [1.165, 1.54) is 0 Å². The number of benzene rings is 1. The van der Waals surface area contributed by atoms with E-state index in [1.807, 2.05) is 36.5 Å². The lowest BCUT2D eigenvalue weighted by atomic mass is 10.2. The van der Waals surface area contributed by atoms with Crippen LogP contribution < -0.4 is 16.0 Å². The van der Waals surface area contributed by atoms with Crippen molar-refractivity contribution in [3.63, 3.8) is 0 Å². The van der Waals surface area contributed by atoms with Gasteiger partial charge in [0.05, 0.1) is 6.54 Å². The zero-order valence-corrected chi connectivity index (χ0v) is 14.0. The molecule has 1 fully saturated rings. The summed E-state index contributed by atoms with van der Waals surface area (Å²) in [6, 6.07) is 13.9. The number of hydrogen-bond acceptors (Lipinski definition) is 4. The molecule has 2 aromatic rings. The third-order valence-electron chi connectivity index (χ3n) is 4.11. The maximum atomic E-state index is 5.92. The minimum Gasteiger partial charge on any atom is -0.370 e. The Morgan fingerprint density at radius 2 is 1.88 bits per heavy atom. The van der Waals surface area contributed by atoms with Crippen LogP contribution in [0, 0.1) is 0 Å². The average molecular weight is 324 g/mol. The van der Waals surface area contributed by atoms with Gasteiger partial charge in [0.2, 0.25) is 0 Å². The van der Waals surface area contributed by atoms with Crippen LogP contribution in [0.1, 0.15) is 5.56 Å². The Hall–Kier alpha value is -2.60. The van der Waals surface area contributed by atoms with Crippen molar-refractivity contribution in [2.75, 3.05) is 43.4 Å². The fourth-order valence-electron chi connectivity index (χ4n) is 2.62. The van der Waals surface area contributed by atoms with Gasteiger partial charge in [-0.3, -0.25) is 0 Å². The monoisotopic (exact) mass is 324 g/mol. The van der Waals surface area contributed by atoms with E-state index in [1.54, 1.807) is 0 Å². The summed E-state index contributed by atoms with van der Waals surface area (Å²) in [5.74, 6) is 1.44. The average Bonchev–Trinajstić information content (AvgIpc) is 2.62. The maximum Gasteiger partial charge on any atom is 0.193 e. The highest BCUT2D eigenvalue weighted by Crippen LogP contribution is 2.14. The molecule has 3 N–H and O–H groups in total. The number of hydrogen-bond donors (Lipinski definition) is 2. The normalized spacial score (nSPS) is 16.2. The van der Waals surface area contributed by atoms with Crippen molar-refractivity contribution in [3.8, 4) is 0 Å². The number of nitrogens with zero attached hydrogens (tertiary/aromatic N) is 4. The molecule has 1 aliphatic rings. The van der Waals surface area contributed by atoms with Gasteiger partial charge in [-0.25, -0.2) is 9.98 Å². The number of para-hydroxylation sites is 1. The summed E-state index contributed by atoms with van der Waals surface area (Å²) >= 11 is 0. The topological polar surface area (TPSA) is 69.8 Å². The Morgan fingerprint density at radius 1 is 1.12 bits per heavy atom. The summed E-state index contributed by atoms with van der Waals surface area (Å²) in [6.45, 7) is 4.72. The first-order valence-electron chi connectivity index (χ1n) is 8.21. The van der Waals surface area contributed by atoms with E-state index in [0.717, 1.165) is 43.2 Å². The highest BCUT2D eigenvalue weighted by Gasteiger charge is 2.14. The van der Waals surface area contributed by atoms with E-state index in [9.17, 15) is 0 Å². The number of anilines is 2. The SMILES string of the molecule is CN1CCN(c2ccc(CN=C(N)Nc3ccccc3)cn2)CC1. The van der Waals surface area contributed by atoms with E-state index >= 15 is 0 Å². The largest absolute Gasteiger partial charge is 0.370 e. The molecule has 126 valence electrons. The Labute approximate surface area is 143 Å². The van der Waals surface area contributed by atoms with Gasteiger partial charge >= 0.3 is 0 Å². The van der Waals surface area contributed by atoms with Crippen molar-refractivity contribution in [2.24, 2.45) is 10.7 Å². The quantitative estimate of drug-likeness (QED) is 0.662. The lowest BCUT2D eigenvalue weighted by Crippen LogP contribution is -2.44. The first-order valence-corrected chi connectivity index (χ1v) is 8.21. The summed E-state index contributed by atoms with van der Waals surface area (Å²) in [7, 11) is 2.15. The molecule has 1 aromatic heterocycles. The second kappa shape index (κ2) is 7.79. The number of nitrogens with two attached hydrogens (primary N) is 1. The Kier molecular flexibility index (Phi) is 5.28. The molecule has 6 heteroatoms. The van der Waals surface area contributed by atoms with Gasteiger partial charge in [-0.15, -0.1) is 0 Å². The van der Waals surface area contributed by atoms with Crippen molar-refractivity contribution in [3.05, 3.63) is 54.2 Å². The van der Waals surface area contributed by atoms with E-state index in [0.29, 0.717) is 12.5 Å². The molecule has 2 heterocycles. The molecule has 1 saturated heterocycles. The van der Waals surface area contributed by atoms with Gasteiger partial charge in [-0.1, -0.05) is 24.3 Å². The molecular formula is C18H24N6. The molecule has 0 saturated carbocycles. The van der Waals surface area contributed by atoms with Crippen molar-refractivity contribution < 1.29 is 0 Å². The fraction of sp³-hybridized carbons (Fsp3) is 0.333. The molecule has 3 rings (SSSR count). The van der Waals surface area contributed by atoms with Gasteiger partial charge in [-0.05, 0) is 30.8 Å². The summed E-state index contributed by atoms with van der Waals surface area (Å²) in [5.41, 5.74) is 7.90. The number of rotatable bonds is 4. The van der Waals surface area contributed by atoms with Gasteiger partial charge in [0.15, 0.2) is 5.96 Å². The number of pyridine rings is 1. The molecule has 0 aliphatic carbocycles. The molecule has 24 heavy (non-hydrogen) atoms. The third-order valence-corrected chi connectivity index (χ3v) is 4.11. The Bertz CT molecular complexity index is 660. The lowest BCUT2D eigenvalue weighted by Gasteiger charge is -2.33. The summed E-state index contributed by atoms with van der Waals surface area (Å²) in [5, 5.41) is 3.07. The third kappa shape index (κ3) is 4.45. The van der Waals surface area contributed by atoms with Crippen LogP contribution in [0.15, 0.2) is 53.7 Å². The zero-order chi connectivity index (χ0) is 16.8. The number of guanidine groups is 1. The van der Waals surface area contributed by atoms with E-state index in [4.69, 9.17) is 5.73 Å². The van der Waals surface area contributed by atoms with Crippen LogP contribution in [0.5, 0.6) is 0 Å². The van der Waals surface area contributed by atoms with Crippen LogP contribution >= 0.6 is 0 Å². The molecule has 0 spiro atoms. The Balaban J connectivity index is 1.55. The van der Waals surface area contributed by atoms with Crippen LogP contribution in [0.25, 0.3) is 0 Å². The summed E-state index contributed by atoms with van der Waals surface area (Å²) in [6.07, 6.45) is 1.88. The standard InChI is InChI=1S/C18H24N6/c1-23-9-11-24(12-10-23)17-8-7-15(13-20-17)14-21-18(19)22-16-5-3-2-4-6-16/h2-8,13H,9-12,14H2,1H3,(H3,19,21,22). The van der Waals surface area contributed by atoms with Gasteiger partial charge < -0.3 is 20.9 Å². The second-order valence-electron chi connectivity index (χ2n) is 6.01. The van der Waals surface area contributed by atoms with E-state index in [-0.39, 0.29) is 0 Å². The molecule has 1 aliphatic heterocycles. The summed E-state index contributed by atoms with van der Waals surface area (Å²) in [4.78, 5) is 13.6. The summed E-state index contributed by atoms with van der Waals surface area (Å²) < 4.78 is 0. The highest BCUT2D eigenvalue weighted by atomic mass is 15.3. The van der Waals surface area contributed by atoms with Gasteiger partial charge in [0, 0.05) is 38.1 Å². The maximum absolute atomic E-state index is 5.92. The van der Waals surface area contributed by atoms with Crippen molar-refractivity contribution >= 4 is 17.5 Å². The van der Waals surface area contributed by atoms with Crippen LogP contribution in [0.2, 0.25) is 0 Å². The van der Waals surface area contributed by atoms with Crippen LogP contribution in [0.3, 0.4) is 0 Å². The molecule has 0 radical (unpaired) electrons. The van der Waals surface area contributed by atoms with Gasteiger partial charge in [0.25, 0.3) is 0 Å². The predicted molar refractivity (Wildman–Crippen MR) is 99.3 cm³/mol. The molecule has 0 unspecified atom stereocenters. The molecule has 0 amide bonds. The van der Waals surface area contributed by atoms with Crippen LogP contribution in [0.4, 0.5) is 11.5 Å². The van der Waals surface area contributed by atoms with Crippen molar-refractivity contribution in [2.45, 2.75) is 6.54 Å². The number of piperazine rings is 1. The molecule has 1 aromatic carbocycles. The van der Waals surface area contributed by atoms with Crippen molar-refractivity contribution in [1.29, 1.82) is 0 Å². The second-order valence-corrected chi connectivity index (χ2v) is 6.01. The first-order chi connectivity index (χ1) is 11.7. The van der Waals surface area contributed by atoms with Gasteiger partial charge in [-0.2, -0.15) is 0 Å². The number of aliphatic imine (C=N–C) groups is 1. The minimum atomic E-state index is 0.407. The zero-order valence-electron chi connectivity index (χ0n) is 14.0. The van der Waals surface area contributed by atoms with Crippen molar-refractivity contribution in [1.82, 2.24) is 9.88 Å². The predicted octanol–water partition coefficient (Wildman–Crippen LogP) is 1.76. The lowest BCUT2D eigenvalue weighted by molar-refractivity contribution is 0.312. The number of nitrogens with one attached hydrogen (secondary N) is 1. The fourth-order valence-corrected chi connectivity index (χ4v) is 2.62. The smallest absolute Gasteiger partial charge is 0.193 e. The Morgan fingerprint density at radius 3 is 2.54 bits per heavy atom.